The van der Waals surface area contributed by atoms with E-state index >= 15 is 0 Å². The van der Waals surface area contributed by atoms with Crippen LogP contribution in [0, 0.1) is 52.3 Å². The average Bonchev–Trinajstić information content (AvgIpc) is 3.38. The Morgan fingerprint density at radius 3 is 2.15 bits per heavy atom. The molecule has 5 aliphatic carbocycles. The maximum Gasteiger partial charge on any atom is 0.302 e. The molecular weight excluding hydrogens is 602 g/mol. The summed E-state index contributed by atoms with van der Waals surface area (Å²) in [7, 11) is 0. The molecule has 2 unspecified atom stereocenters. The standard InChI is InChI=1S/C37H59NO9/c1-8-38-32(41)12-9-23(3)27-10-11-28-33-29(20-31(35(27,28)7)43-25(5)40)34(6)17-18-37(21-26(34)19-30(33)42-24(4)39)46-44-36(45-47-37)15-13-22(2)14-16-36/h22-23,26-31,33H,8-21H2,1-7H3,(H,38,41)/t22?,23?,26-,27?,28+,29+,30-,31+,33+,34+,35-,36?,37?/m1/s1. The molecule has 266 valence electrons. The van der Waals surface area contributed by atoms with Gasteiger partial charge < -0.3 is 14.8 Å². The number of carbonyl (C=O) groups excluding carboxylic acids is 3. The van der Waals surface area contributed by atoms with Crippen LogP contribution in [-0.4, -0.2) is 48.2 Å². The molecule has 47 heavy (non-hydrogen) atoms. The van der Waals surface area contributed by atoms with Gasteiger partial charge >= 0.3 is 11.9 Å². The van der Waals surface area contributed by atoms with E-state index in [1.807, 2.05) is 6.92 Å². The van der Waals surface area contributed by atoms with E-state index in [9.17, 15) is 14.4 Å². The third-order valence-corrected chi connectivity index (χ3v) is 14.0. The summed E-state index contributed by atoms with van der Waals surface area (Å²) in [5.41, 5.74) is -0.385. The van der Waals surface area contributed by atoms with Crippen molar-refractivity contribution in [3.8, 4) is 0 Å². The van der Waals surface area contributed by atoms with Crippen LogP contribution in [0.5, 0.6) is 0 Å². The first kappa shape index (κ1) is 35.1. The number of hydrogen-bond donors (Lipinski definition) is 1. The predicted octanol–water partition coefficient (Wildman–Crippen LogP) is 6.79. The maximum atomic E-state index is 12.7. The summed E-state index contributed by atoms with van der Waals surface area (Å²) in [4.78, 5) is 62.2. The van der Waals surface area contributed by atoms with Gasteiger partial charge in [-0.1, -0.05) is 27.7 Å². The highest BCUT2D eigenvalue weighted by atomic mass is 17.4. The largest absolute Gasteiger partial charge is 0.462 e. The number of hydrogen-bond acceptors (Lipinski definition) is 9. The van der Waals surface area contributed by atoms with Gasteiger partial charge in [0.15, 0.2) is 0 Å². The van der Waals surface area contributed by atoms with Gasteiger partial charge in [0.25, 0.3) is 0 Å². The SMILES string of the molecule is CCNC(=O)CCC(C)C1CC[C@H]2[C@@H]3[C@H](OC(C)=O)C[C@@H]4CC5(CC[C@]4(C)[C@H]3C[C@H](OC(C)=O)[C@]12C)OOC1(CCC(C)CC1)OO5. The number of ether oxygens (including phenoxy) is 2. The maximum absolute atomic E-state index is 12.7. The Balaban J connectivity index is 1.26. The first-order valence-electron chi connectivity index (χ1n) is 18.6. The van der Waals surface area contributed by atoms with Crippen molar-refractivity contribution >= 4 is 17.8 Å². The first-order valence-corrected chi connectivity index (χ1v) is 18.6. The number of carbonyl (C=O) groups is 3. The molecule has 10 nitrogen and oxygen atoms in total. The van der Waals surface area contributed by atoms with Crippen LogP contribution >= 0.6 is 0 Å². The van der Waals surface area contributed by atoms with Crippen molar-refractivity contribution in [1.29, 1.82) is 0 Å². The highest BCUT2D eigenvalue weighted by Gasteiger charge is 2.69. The van der Waals surface area contributed by atoms with E-state index in [1.54, 1.807) is 0 Å². The molecule has 0 aromatic heterocycles. The summed E-state index contributed by atoms with van der Waals surface area (Å²) in [6, 6.07) is 0. The minimum Gasteiger partial charge on any atom is -0.462 e. The second kappa shape index (κ2) is 13.2. The van der Waals surface area contributed by atoms with E-state index in [0.717, 1.165) is 64.2 Å². The normalized spacial score (nSPS) is 46.5. The lowest BCUT2D eigenvalue weighted by molar-refractivity contribution is -0.665. The molecule has 1 N–H and O–H groups in total. The smallest absolute Gasteiger partial charge is 0.302 e. The molecule has 6 aliphatic rings. The Labute approximate surface area is 280 Å². The molecule has 1 heterocycles. The van der Waals surface area contributed by atoms with E-state index < -0.39 is 11.6 Å². The molecule has 0 aromatic carbocycles. The van der Waals surface area contributed by atoms with Crippen LogP contribution in [0.25, 0.3) is 0 Å². The summed E-state index contributed by atoms with van der Waals surface area (Å²) >= 11 is 0. The molecule has 0 aromatic rings. The fourth-order valence-electron chi connectivity index (χ4n) is 11.5. The van der Waals surface area contributed by atoms with Gasteiger partial charge in [0.1, 0.15) is 12.2 Å². The molecule has 10 heteroatoms. The summed E-state index contributed by atoms with van der Waals surface area (Å²) in [5, 5.41) is 2.93. The van der Waals surface area contributed by atoms with Gasteiger partial charge in [-0.05, 0) is 99.2 Å². The van der Waals surface area contributed by atoms with Crippen LogP contribution in [0.1, 0.15) is 132 Å². The zero-order valence-electron chi connectivity index (χ0n) is 29.8. The van der Waals surface area contributed by atoms with E-state index in [-0.39, 0.29) is 70.5 Å². The van der Waals surface area contributed by atoms with Crippen molar-refractivity contribution < 1.29 is 43.4 Å². The van der Waals surface area contributed by atoms with Gasteiger partial charge in [-0.15, -0.1) is 0 Å². The van der Waals surface area contributed by atoms with Crippen molar-refractivity contribution in [3.63, 3.8) is 0 Å². The van der Waals surface area contributed by atoms with Crippen LogP contribution in [0.15, 0.2) is 0 Å². The molecular formula is C37H59NO9. The fraction of sp³-hybridized carbons (Fsp3) is 0.919. The lowest BCUT2D eigenvalue weighted by Gasteiger charge is -2.65. The lowest BCUT2D eigenvalue weighted by atomic mass is 9.42. The second-order valence-electron chi connectivity index (χ2n) is 16.8. The molecule has 6 fully saturated rings. The Bertz CT molecular complexity index is 1170. The van der Waals surface area contributed by atoms with Crippen LogP contribution in [0.2, 0.25) is 0 Å². The molecule has 10 atom stereocenters. The molecule has 2 spiro atoms. The molecule has 1 saturated heterocycles. The minimum absolute atomic E-state index is 0.0840. The highest BCUT2D eigenvalue weighted by Crippen LogP contribution is 2.70. The third kappa shape index (κ3) is 6.38. The number of rotatable bonds is 7. The Morgan fingerprint density at radius 1 is 0.851 bits per heavy atom. The minimum atomic E-state index is -0.997. The van der Waals surface area contributed by atoms with Gasteiger partial charge in [-0.3, -0.25) is 14.4 Å². The average molecular weight is 662 g/mol. The van der Waals surface area contributed by atoms with E-state index in [0.29, 0.717) is 37.6 Å². The number of nitrogens with one attached hydrogen (secondary N) is 1. The number of esters is 2. The van der Waals surface area contributed by atoms with Crippen LogP contribution < -0.4 is 5.32 Å². The molecule has 5 saturated carbocycles. The lowest BCUT2D eigenvalue weighted by Crippen LogP contribution is -2.65. The quantitative estimate of drug-likeness (QED) is 0.232. The summed E-state index contributed by atoms with van der Waals surface area (Å²) in [6.07, 6.45) is 9.76. The van der Waals surface area contributed by atoms with Crippen LogP contribution in [-0.2, 0) is 43.4 Å². The van der Waals surface area contributed by atoms with E-state index in [2.05, 4.69) is 33.0 Å². The zero-order valence-corrected chi connectivity index (χ0v) is 29.8. The Hall–Kier alpha value is -1.75. The highest BCUT2D eigenvalue weighted by molar-refractivity contribution is 5.75. The Kier molecular flexibility index (Phi) is 9.84. The number of fused-ring (bicyclic) bond motifs is 5. The van der Waals surface area contributed by atoms with Crippen molar-refractivity contribution in [2.24, 2.45) is 52.3 Å². The predicted molar refractivity (Wildman–Crippen MR) is 172 cm³/mol. The molecule has 1 aliphatic heterocycles. The van der Waals surface area contributed by atoms with Crippen LogP contribution in [0.4, 0.5) is 0 Å². The van der Waals surface area contributed by atoms with Crippen LogP contribution in [0.3, 0.4) is 0 Å². The van der Waals surface area contributed by atoms with Gasteiger partial charge in [0.2, 0.25) is 17.5 Å². The first-order chi connectivity index (χ1) is 22.2. The molecule has 1 amide bonds. The molecule has 6 rings (SSSR count). The van der Waals surface area contributed by atoms with Gasteiger partial charge in [0.05, 0.1) is 0 Å². The van der Waals surface area contributed by atoms with E-state index in [1.165, 1.54) is 13.8 Å². The second-order valence-corrected chi connectivity index (χ2v) is 16.8. The summed E-state index contributed by atoms with van der Waals surface area (Å²) < 4.78 is 12.6. The van der Waals surface area contributed by atoms with Crippen molar-refractivity contribution in [3.05, 3.63) is 0 Å². The monoisotopic (exact) mass is 661 g/mol. The van der Waals surface area contributed by atoms with Crippen molar-refractivity contribution in [2.45, 2.75) is 156 Å². The third-order valence-electron chi connectivity index (χ3n) is 14.0. The zero-order chi connectivity index (χ0) is 33.8. The molecule has 0 radical (unpaired) electrons. The van der Waals surface area contributed by atoms with E-state index in [4.69, 9.17) is 29.0 Å². The summed E-state index contributed by atoms with van der Waals surface area (Å²) in [5.74, 6) is -0.367. The Morgan fingerprint density at radius 2 is 1.51 bits per heavy atom. The topological polar surface area (TPSA) is 119 Å². The van der Waals surface area contributed by atoms with Crippen molar-refractivity contribution in [2.75, 3.05) is 6.54 Å². The van der Waals surface area contributed by atoms with Gasteiger partial charge in [-0.25, -0.2) is 0 Å². The number of amides is 1. The van der Waals surface area contributed by atoms with Gasteiger partial charge in [-0.2, -0.15) is 19.6 Å². The van der Waals surface area contributed by atoms with Crippen molar-refractivity contribution in [1.82, 2.24) is 5.32 Å². The fourth-order valence-corrected chi connectivity index (χ4v) is 11.5. The summed E-state index contributed by atoms with van der Waals surface area (Å²) in [6.45, 7) is 14.8. The molecule has 0 bridgehead atoms. The van der Waals surface area contributed by atoms with Gasteiger partial charge in [0, 0.05) is 63.8 Å².